The number of carbonyl (C=O) groups excluding carboxylic acids is 1. The standard InChI is InChI=1S/C21H26N2O3S/c1-23(27(25,26)18-13-7-4-8-14-18)20-16-10-9-15-19(20)21(24)22-17-11-5-2-3-6-12-17/h4,7-10,13-17H,2-3,5-6,11-12H2,1H3,(H,22,24). The van der Waals surface area contributed by atoms with Gasteiger partial charge in [0.15, 0.2) is 0 Å². The number of benzene rings is 2. The number of nitrogens with zero attached hydrogens (tertiary/aromatic N) is 1. The highest BCUT2D eigenvalue weighted by atomic mass is 32.2. The van der Waals surface area contributed by atoms with Gasteiger partial charge in [0.2, 0.25) is 0 Å². The van der Waals surface area contributed by atoms with Crippen LogP contribution in [0, 0.1) is 0 Å². The van der Waals surface area contributed by atoms with Crippen molar-refractivity contribution in [3.63, 3.8) is 0 Å². The Morgan fingerprint density at radius 3 is 2.19 bits per heavy atom. The molecule has 1 aliphatic rings. The third-order valence-electron chi connectivity index (χ3n) is 5.08. The molecule has 0 unspecified atom stereocenters. The number of rotatable bonds is 5. The summed E-state index contributed by atoms with van der Waals surface area (Å²) in [5, 5.41) is 3.10. The van der Waals surface area contributed by atoms with Gasteiger partial charge in [0.05, 0.1) is 16.1 Å². The molecule has 144 valence electrons. The van der Waals surface area contributed by atoms with E-state index >= 15 is 0 Å². The van der Waals surface area contributed by atoms with Crippen molar-refractivity contribution < 1.29 is 13.2 Å². The van der Waals surface area contributed by atoms with E-state index in [0.29, 0.717) is 11.3 Å². The summed E-state index contributed by atoms with van der Waals surface area (Å²) in [6.07, 6.45) is 6.61. The van der Waals surface area contributed by atoms with Crippen molar-refractivity contribution in [1.82, 2.24) is 5.32 Å². The molecule has 1 aliphatic carbocycles. The van der Waals surface area contributed by atoms with Crippen LogP contribution >= 0.6 is 0 Å². The van der Waals surface area contributed by atoms with Crippen LogP contribution in [0.15, 0.2) is 59.5 Å². The van der Waals surface area contributed by atoms with Crippen LogP contribution < -0.4 is 9.62 Å². The summed E-state index contributed by atoms with van der Waals surface area (Å²) >= 11 is 0. The minimum atomic E-state index is -3.73. The molecule has 0 saturated heterocycles. The Bertz CT molecular complexity index is 873. The monoisotopic (exact) mass is 386 g/mol. The SMILES string of the molecule is CN(c1ccccc1C(=O)NC1CCCCCC1)S(=O)(=O)c1ccccc1. The fraction of sp³-hybridized carbons (Fsp3) is 0.381. The van der Waals surface area contributed by atoms with E-state index in [2.05, 4.69) is 5.32 Å². The van der Waals surface area contributed by atoms with E-state index in [1.807, 2.05) is 0 Å². The van der Waals surface area contributed by atoms with Crippen molar-refractivity contribution in [2.45, 2.75) is 49.5 Å². The van der Waals surface area contributed by atoms with Gasteiger partial charge in [-0.05, 0) is 37.1 Å². The Balaban J connectivity index is 1.86. The molecule has 27 heavy (non-hydrogen) atoms. The Morgan fingerprint density at radius 1 is 0.926 bits per heavy atom. The molecule has 0 aliphatic heterocycles. The molecule has 0 heterocycles. The molecule has 5 nitrogen and oxygen atoms in total. The molecule has 0 spiro atoms. The van der Waals surface area contributed by atoms with E-state index in [-0.39, 0.29) is 16.8 Å². The highest BCUT2D eigenvalue weighted by Gasteiger charge is 2.25. The Morgan fingerprint density at radius 2 is 1.52 bits per heavy atom. The van der Waals surface area contributed by atoms with Crippen molar-refractivity contribution >= 4 is 21.6 Å². The third-order valence-corrected chi connectivity index (χ3v) is 6.87. The number of hydrogen-bond acceptors (Lipinski definition) is 3. The number of sulfonamides is 1. The summed E-state index contributed by atoms with van der Waals surface area (Å²) in [5.41, 5.74) is 0.760. The van der Waals surface area contributed by atoms with Gasteiger partial charge in [-0.25, -0.2) is 8.42 Å². The highest BCUT2D eigenvalue weighted by Crippen LogP contribution is 2.26. The zero-order chi connectivity index (χ0) is 19.3. The summed E-state index contributed by atoms with van der Waals surface area (Å²) in [6, 6.07) is 15.3. The van der Waals surface area contributed by atoms with Gasteiger partial charge in [-0.1, -0.05) is 56.0 Å². The number of hydrogen-bond donors (Lipinski definition) is 1. The lowest BCUT2D eigenvalue weighted by Crippen LogP contribution is -2.36. The quantitative estimate of drug-likeness (QED) is 0.791. The van der Waals surface area contributed by atoms with Gasteiger partial charge in [0.25, 0.3) is 15.9 Å². The molecule has 1 amide bonds. The zero-order valence-corrected chi connectivity index (χ0v) is 16.4. The lowest BCUT2D eigenvalue weighted by atomic mass is 10.1. The molecule has 3 rings (SSSR count). The first-order chi connectivity index (χ1) is 13.0. The van der Waals surface area contributed by atoms with Crippen LogP contribution in [0.2, 0.25) is 0 Å². The van der Waals surface area contributed by atoms with E-state index in [1.165, 1.54) is 24.2 Å². The third kappa shape index (κ3) is 4.50. The molecule has 1 fully saturated rings. The molecule has 0 aromatic heterocycles. The van der Waals surface area contributed by atoms with E-state index < -0.39 is 10.0 Å². The van der Waals surface area contributed by atoms with E-state index in [9.17, 15) is 13.2 Å². The van der Waals surface area contributed by atoms with E-state index in [4.69, 9.17) is 0 Å². The van der Waals surface area contributed by atoms with E-state index in [0.717, 1.165) is 25.7 Å². The molecule has 0 bridgehead atoms. The van der Waals surface area contributed by atoms with Crippen LogP contribution in [-0.4, -0.2) is 27.4 Å². The van der Waals surface area contributed by atoms with Crippen LogP contribution in [0.1, 0.15) is 48.9 Å². The molecule has 6 heteroatoms. The van der Waals surface area contributed by atoms with Crippen LogP contribution in [0.25, 0.3) is 0 Å². The van der Waals surface area contributed by atoms with Crippen LogP contribution in [0.4, 0.5) is 5.69 Å². The predicted molar refractivity (Wildman–Crippen MR) is 107 cm³/mol. The lowest BCUT2D eigenvalue weighted by Gasteiger charge is -2.23. The van der Waals surface area contributed by atoms with Gasteiger partial charge in [-0.2, -0.15) is 0 Å². The fourth-order valence-electron chi connectivity index (χ4n) is 3.51. The Kier molecular flexibility index (Phi) is 6.16. The number of nitrogens with one attached hydrogen (secondary N) is 1. The molecule has 1 N–H and O–H groups in total. The molecular formula is C21H26N2O3S. The fourth-order valence-corrected chi connectivity index (χ4v) is 4.74. The van der Waals surface area contributed by atoms with Crippen LogP contribution in [0.5, 0.6) is 0 Å². The highest BCUT2D eigenvalue weighted by molar-refractivity contribution is 7.92. The number of para-hydroxylation sites is 1. The van der Waals surface area contributed by atoms with Crippen LogP contribution in [-0.2, 0) is 10.0 Å². The Labute approximate surface area is 161 Å². The van der Waals surface area contributed by atoms with Gasteiger partial charge in [-0.15, -0.1) is 0 Å². The van der Waals surface area contributed by atoms with Crippen molar-refractivity contribution in [2.24, 2.45) is 0 Å². The largest absolute Gasteiger partial charge is 0.349 e. The van der Waals surface area contributed by atoms with Crippen molar-refractivity contribution in [2.75, 3.05) is 11.4 Å². The maximum Gasteiger partial charge on any atom is 0.264 e. The summed E-state index contributed by atoms with van der Waals surface area (Å²) in [5.74, 6) is -0.215. The van der Waals surface area contributed by atoms with Crippen molar-refractivity contribution in [3.8, 4) is 0 Å². The van der Waals surface area contributed by atoms with E-state index in [1.54, 1.807) is 54.6 Å². The minimum absolute atomic E-state index is 0.157. The second-order valence-electron chi connectivity index (χ2n) is 6.96. The molecule has 2 aromatic carbocycles. The summed E-state index contributed by atoms with van der Waals surface area (Å²) in [7, 11) is -2.25. The van der Waals surface area contributed by atoms with Gasteiger partial charge in [-0.3, -0.25) is 9.10 Å². The number of anilines is 1. The van der Waals surface area contributed by atoms with Gasteiger partial charge in [0, 0.05) is 13.1 Å². The first-order valence-electron chi connectivity index (χ1n) is 9.44. The molecule has 0 atom stereocenters. The van der Waals surface area contributed by atoms with Crippen molar-refractivity contribution in [1.29, 1.82) is 0 Å². The smallest absolute Gasteiger partial charge is 0.264 e. The van der Waals surface area contributed by atoms with Gasteiger partial charge in [0.1, 0.15) is 0 Å². The molecule has 1 saturated carbocycles. The maximum atomic E-state index is 12.9. The normalized spacial score (nSPS) is 15.7. The average molecular weight is 387 g/mol. The second-order valence-corrected chi connectivity index (χ2v) is 8.93. The average Bonchev–Trinajstić information content (AvgIpc) is 2.96. The molecular weight excluding hydrogens is 360 g/mol. The summed E-state index contributed by atoms with van der Waals surface area (Å²) < 4.78 is 27.1. The summed E-state index contributed by atoms with van der Waals surface area (Å²) in [4.78, 5) is 13.1. The lowest BCUT2D eigenvalue weighted by molar-refractivity contribution is 0.0934. The zero-order valence-electron chi connectivity index (χ0n) is 15.6. The van der Waals surface area contributed by atoms with Gasteiger partial charge < -0.3 is 5.32 Å². The topological polar surface area (TPSA) is 66.5 Å². The first kappa shape index (κ1) is 19.4. The Hall–Kier alpha value is -2.34. The number of carbonyl (C=O) groups is 1. The maximum absolute atomic E-state index is 12.9. The number of amides is 1. The second kappa shape index (κ2) is 8.57. The van der Waals surface area contributed by atoms with Crippen LogP contribution in [0.3, 0.4) is 0 Å². The first-order valence-corrected chi connectivity index (χ1v) is 10.9. The predicted octanol–water partition coefficient (Wildman–Crippen LogP) is 3.96. The molecule has 2 aromatic rings. The summed E-state index contributed by atoms with van der Waals surface area (Å²) in [6.45, 7) is 0. The molecule has 0 radical (unpaired) electrons. The minimum Gasteiger partial charge on any atom is -0.349 e. The van der Waals surface area contributed by atoms with Crippen molar-refractivity contribution in [3.05, 3.63) is 60.2 Å². The van der Waals surface area contributed by atoms with Gasteiger partial charge >= 0.3 is 0 Å².